The van der Waals surface area contributed by atoms with Crippen molar-refractivity contribution in [1.29, 1.82) is 5.26 Å². The van der Waals surface area contributed by atoms with Gasteiger partial charge in [0.2, 0.25) is 5.89 Å². The summed E-state index contributed by atoms with van der Waals surface area (Å²) in [6.45, 7) is 1.95. The van der Waals surface area contributed by atoms with E-state index in [1.807, 2.05) is 18.4 Å². The van der Waals surface area contributed by atoms with Gasteiger partial charge in [0.25, 0.3) is 0 Å². The molecule has 6 heteroatoms. The van der Waals surface area contributed by atoms with E-state index < -0.39 is 0 Å². The summed E-state index contributed by atoms with van der Waals surface area (Å²) in [6, 6.07) is 6.56. The highest BCUT2D eigenvalue weighted by Gasteiger charge is 2.26. The highest BCUT2D eigenvalue weighted by atomic mass is 32.1. The van der Waals surface area contributed by atoms with Crippen LogP contribution in [0.5, 0.6) is 0 Å². The molecule has 0 saturated carbocycles. The normalized spacial score (nSPS) is 16.6. The van der Waals surface area contributed by atoms with E-state index in [-0.39, 0.29) is 11.7 Å². The molecule has 2 aromatic heterocycles. The van der Waals surface area contributed by atoms with E-state index >= 15 is 0 Å². The summed E-state index contributed by atoms with van der Waals surface area (Å²) < 4.78 is 19.6. The van der Waals surface area contributed by atoms with Gasteiger partial charge in [0.15, 0.2) is 0 Å². The van der Waals surface area contributed by atoms with Gasteiger partial charge in [-0.25, -0.2) is 14.4 Å². The number of hydrogen-bond donors (Lipinski definition) is 0. The Hall–Kier alpha value is -2.52. The molecule has 4 nitrogen and oxygen atoms in total. The van der Waals surface area contributed by atoms with E-state index in [0.717, 1.165) is 40.6 Å². The molecule has 0 saturated heterocycles. The lowest BCUT2D eigenvalue weighted by atomic mass is 9.84. The van der Waals surface area contributed by atoms with Gasteiger partial charge >= 0.3 is 0 Å². The van der Waals surface area contributed by atoms with E-state index in [2.05, 4.69) is 9.97 Å². The lowest BCUT2D eigenvalue weighted by Gasteiger charge is -2.20. The van der Waals surface area contributed by atoms with Crippen LogP contribution in [0, 0.1) is 24.1 Å². The summed E-state index contributed by atoms with van der Waals surface area (Å²) >= 11 is 1.56. The van der Waals surface area contributed by atoms with E-state index in [4.69, 9.17) is 9.68 Å². The van der Waals surface area contributed by atoms with Crippen molar-refractivity contribution in [1.82, 2.24) is 9.97 Å². The van der Waals surface area contributed by atoms with Crippen LogP contribution in [0.25, 0.3) is 11.6 Å². The fourth-order valence-corrected chi connectivity index (χ4v) is 3.73. The third kappa shape index (κ3) is 2.72. The van der Waals surface area contributed by atoms with Crippen molar-refractivity contribution in [2.45, 2.75) is 32.1 Å². The average Bonchev–Trinajstić information content (AvgIpc) is 3.19. The molecule has 4 rings (SSSR count). The second-order valence-corrected chi connectivity index (χ2v) is 7.03. The first-order valence-corrected chi connectivity index (χ1v) is 8.62. The molecule has 120 valence electrons. The standard InChI is InChI=1S/C18H14FN3OS/c1-10-21-16(9-24-10)18-22-15-7-12(2-3-17(15)23-18)13-4-11(8-20)5-14(19)6-13/h4-6,9,12H,2-3,7H2,1H3. The summed E-state index contributed by atoms with van der Waals surface area (Å²) in [5.41, 5.74) is 2.89. The number of hydrogen-bond acceptors (Lipinski definition) is 5. The number of nitrogens with zero attached hydrogens (tertiary/aromatic N) is 3. The monoisotopic (exact) mass is 339 g/mol. The molecule has 1 atom stereocenters. The number of aryl methyl sites for hydroxylation is 2. The largest absolute Gasteiger partial charge is 0.440 e. The zero-order valence-electron chi connectivity index (χ0n) is 13.0. The molecule has 0 aliphatic heterocycles. The van der Waals surface area contributed by atoms with Gasteiger partial charge in [-0.05, 0) is 43.0 Å². The Labute approximate surface area is 142 Å². The molecule has 3 aromatic rings. The molecule has 0 bridgehead atoms. The number of benzene rings is 1. The van der Waals surface area contributed by atoms with E-state index in [9.17, 15) is 4.39 Å². The Balaban J connectivity index is 1.63. The highest BCUT2D eigenvalue weighted by Crippen LogP contribution is 2.35. The number of thiazole rings is 1. The minimum absolute atomic E-state index is 0.149. The molecule has 24 heavy (non-hydrogen) atoms. The van der Waals surface area contributed by atoms with Gasteiger partial charge in [0.05, 0.1) is 22.3 Å². The zero-order valence-corrected chi connectivity index (χ0v) is 13.9. The van der Waals surface area contributed by atoms with Crippen molar-refractivity contribution in [3.05, 3.63) is 57.0 Å². The first-order valence-electron chi connectivity index (χ1n) is 7.74. The Morgan fingerprint density at radius 3 is 2.96 bits per heavy atom. The zero-order chi connectivity index (χ0) is 16.7. The predicted octanol–water partition coefficient (Wildman–Crippen LogP) is 4.39. The Kier molecular flexibility index (Phi) is 3.66. The number of oxazole rings is 1. The first-order chi connectivity index (χ1) is 11.6. The predicted molar refractivity (Wildman–Crippen MR) is 88.2 cm³/mol. The molecule has 0 spiro atoms. The second kappa shape index (κ2) is 5.84. The maximum Gasteiger partial charge on any atom is 0.246 e. The van der Waals surface area contributed by atoms with Gasteiger partial charge in [0.1, 0.15) is 17.3 Å². The third-order valence-corrected chi connectivity index (χ3v) is 5.07. The number of rotatable bonds is 2. The average molecular weight is 339 g/mol. The van der Waals surface area contributed by atoms with Crippen LogP contribution in [0.15, 0.2) is 28.0 Å². The maximum absolute atomic E-state index is 13.7. The molecular formula is C18H14FN3OS. The van der Waals surface area contributed by atoms with Crippen LogP contribution in [-0.4, -0.2) is 9.97 Å². The summed E-state index contributed by atoms with van der Waals surface area (Å²) in [5.74, 6) is 1.23. The summed E-state index contributed by atoms with van der Waals surface area (Å²) in [7, 11) is 0. The minimum atomic E-state index is -0.367. The van der Waals surface area contributed by atoms with Gasteiger partial charge < -0.3 is 4.42 Å². The van der Waals surface area contributed by atoms with Crippen LogP contribution < -0.4 is 0 Å². The fraction of sp³-hybridized carbons (Fsp3) is 0.278. The van der Waals surface area contributed by atoms with E-state index in [0.29, 0.717) is 17.9 Å². The lowest BCUT2D eigenvalue weighted by Crippen LogP contribution is -2.12. The topological polar surface area (TPSA) is 62.7 Å². The quantitative estimate of drug-likeness (QED) is 0.694. The van der Waals surface area contributed by atoms with Gasteiger partial charge in [-0.1, -0.05) is 0 Å². The SMILES string of the molecule is Cc1nc(-c2nc3c(o2)CCC(c2cc(F)cc(C#N)c2)C3)cs1. The molecule has 0 amide bonds. The summed E-state index contributed by atoms with van der Waals surface area (Å²) in [5, 5.41) is 11.9. The van der Waals surface area contributed by atoms with Crippen molar-refractivity contribution in [3.8, 4) is 17.7 Å². The van der Waals surface area contributed by atoms with Gasteiger partial charge in [0, 0.05) is 18.2 Å². The molecule has 1 unspecified atom stereocenters. The second-order valence-electron chi connectivity index (χ2n) is 5.97. The van der Waals surface area contributed by atoms with Crippen LogP contribution in [0.2, 0.25) is 0 Å². The number of fused-ring (bicyclic) bond motifs is 1. The van der Waals surface area contributed by atoms with Crippen molar-refractivity contribution < 1.29 is 8.81 Å². The van der Waals surface area contributed by atoms with Crippen molar-refractivity contribution >= 4 is 11.3 Å². The fourth-order valence-electron chi connectivity index (χ4n) is 3.15. The molecule has 1 aliphatic rings. The van der Waals surface area contributed by atoms with Crippen LogP contribution in [0.4, 0.5) is 4.39 Å². The Bertz CT molecular complexity index is 954. The lowest BCUT2D eigenvalue weighted by molar-refractivity contribution is 0.463. The minimum Gasteiger partial charge on any atom is -0.440 e. The molecule has 0 N–H and O–H groups in total. The highest BCUT2D eigenvalue weighted by molar-refractivity contribution is 7.09. The number of nitriles is 1. The van der Waals surface area contributed by atoms with Crippen LogP contribution >= 0.6 is 11.3 Å². The molecule has 0 fully saturated rings. The Morgan fingerprint density at radius 2 is 2.21 bits per heavy atom. The summed E-state index contributed by atoms with van der Waals surface area (Å²) in [4.78, 5) is 9.01. The van der Waals surface area contributed by atoms with E-state index in [1.165, 1.54) is 12.1 Å². The van der Waals surface area contributed by atoms with Gasteiger partial charge in [-0.2, -0.15) is 5.26 Å². The van der Waals surface area contributed by atoms with Crippen molar-refractivity contribution in [3.63, 3.8) is 0 Å². The molecular weight excluding hydrogens is 325 g/mol. The van der Waals surface area contributed by atoms with Crippen LogP contribution in [0.3, 0.4) is 0 Å². The smallest absolute Gasteiger partial charge is 0.246 e. The first kappa shape index (κ1) is 15.0. The van der Waals surface area contributed by atoms with E-state index in [1.54, 1.807) is 17.4 Å². The molecule has 1 aliphatic carbocycles. The van der Waals surface area contributed by atoms with Crippen LogP contribution in [-0.2, 0) is 12.8 Å². The molecule has 2 heterocycles. The van der Waals surface area contributed by atoms with Gasteiger partial charge in [-0.3, -0.25) is 0 Å². The van der Waals surface area contributed by atoms with Gasteiger partial charge in [-0.15, -0.1) is 11.3 Å². The van der Waals surface area contributed by atoms with Crippen molar-refractivity contribution in [2.24, 2.45) is 0 Å². The molecule has 0 radical (unpaired) electrons. The summed E-state index contributed by atoms with van der Waals surface area (Å²) in [6.07, 6.45) is 2.30. The Morgan fingerprint density at radius 1 is 1.33 bits per heavy atom. The van der Waals surface area contributed by atoms with Crippen LogP contribution in [0.1, 0.15) is 39.9 Å². The maximum atomic E-state index is 13.7. The van der Waals surface area contributed by atoms with Crippen molar-refractivity contribution in [2.75, 3.05) is 0 Å². The third-order valence-electron chi connectivity index (χ3n) is 4.30. The number of halogens is 1. The number of aromatic nitrogens is 2. The molecule has 1 aromatic carbocycles.